The number of carbonyl (C=O) groups excluding carboxylic acids is 1. The largest absolute Gasteiger partial charge is 0.493 e. The first-order valence-corrected chi connectivity index (χ1v) is 8.05. The molecule has 2 aromatic carbocycles. The maximum atomic E-state index is 12.0. The third-order valence-electron chi connectivity index (χ3n) is 3.43. The van der Waals surface area contributed by atoms with Crippen LogP contribution in [-0.4, -0.2) is 22.4 Å². The fourth-order valence-corrected chi connectivity index (χ4v) is 2.13. The molecular formula is C18H17N3O6. The van der Waals surface area contributed by atoms with Gasteiger partial charge in [-0.15, -0.1) is 0 Å². The van der Waals surface area contributed by atoms with Gasteiger partial charge in [-0.1, -0.05) is 6.92 Å². The highest BCUT2D eigenvalue weighted by Crippen LogP contribution is 2.29. The Hall–Kier alpha value is -3.75. The number of carbonyl (C=O) groups is 1. The van der Waals surface area contributed by atoms with Crippen LogP contribution in [0.4, 0.5) is 17.1 Å². The minimum Gasteiger partial charge on any atom is -0.493 e. The predicted octanol–water partition coefficient (Wildman–Crippen LogP) is 3.94. The molecule has 0 saturated carbocycles. The van der Waals surface area contributed by atoms with Crippen LogP contribution in [-0.2, 0) is 4.79 Å². The van der Waals surface area contributed by atoms with Gasteiger partial charge in [0.15, 0.2) is 0 Å². The number of non-ortho nitro benzene ring substituents is 1. The van der Waals surface area contributed by atoms with Crippen molar-refractivity contribution in [2.75, 3.05) is 11.9 Å². The Balaban J connectivity index is 2.10. The average molecular weight is 371 g/mol. The van der Waals surface area contributed by atoms with Gasteiger partial charge in [-0.3, -0.25) is 25.0 Å². The number of benzene rings is 2. The molecule has 2 rings (SSSR count). The second-order valence-corrected chi connectivity index (χ2v) is 5.46. The lowest BCUT2D eigenvalue weighted by Crippen LogP contribution is -2.10. The van der Waals surface area contributed by atoms with Gasteiger partial charge in [-0.05, 0) is 42.3 Å². The number of anilines is 1. The number of nitrogens with one attached hydrogen (secondary N) is 1. The molecule has 0 radical (unpaired) electrons. The molecule has 0 fully saturated rings. The standard InChI is InChI=1S/C18H17N3O6/c1-2-11-27-15-8-9-16(17(12-15)21(25)26)19-18(22)10-5-13-3-6-14(7-4-13)20(23)24/h3-10,12H,2,11H2,1H3,(H,19,22)/b10-5+. The van der Waals surface area contributed by atoms with Crippen molar-refractivity contribution in [3.05, 3.63) is 74.3 Å². The van der Waals surface area contributed by atoms with Crippen LogP contribution in [0.5, 0.6) is 5.75 Å². The SMILES string of the molecule is CCCOc1ccc(NC(=O)/C=C/c2ccc([N+](=O)[O-])cc2)c([N+](=O)[O-])c1. The molecule has 0 spiro atoms. The Bertz CT molecular complexity index is 877. The van der Waals surface area contributed by atoms with Crippen LogP contribution in [0.15, 0.2) is 48.5 Å². The van der Waals surface area contributed by atoms with Crippen LogP contribution in [0, 0.1) is 20.2 Å². The lowest BCUT2D eigenvalue weighted by molar-refractivity contribution is -0.384. The van der Waals surface area contributed by atoms with Crippen LogP contribution < -0.4 is 10.1 Å². The zero-order chi connectivity index (χ0) is 19.8. The van der Waals surface area contributed by atoms with E-state index in [1.807, 2.05) is 6.92 Å². The number of nitro groups is 2. The van der Waals surface area contributed by atoms with Crippen molar-refractivity contribution in [3.8, 4) is 5.75 Å². The molecule has 0 aromatic heterocycles. The molecule has 1 amide bonds. The molecule has 2 aromatic rings. The summed E-state index contributed by atoms with van der Waals surface area (Å²) < 4.78 is 5.36. The molecule has 0 aliphatic rings. The monoisotopic (exact) mass is 371 g/mol. The van der Waals surface area contributed by atoms with E-state index in [9.17, 15) is 25.0 Å². The third-order valence-corrected chi connectivity index (χ3v) is 3.43. The zero-order valence-electron chi connectivity index (χ0n) is 14.5. The van der Waals surface area contributed by atoms with Gasteiger partial charge < -0.3 is 10.1 Å². The molecule has 9 nitrogen and oxygen atoms in total. The minimum absolute atomic E-state index is 0.0437. The first kappa shape index (κ1) is 19.6. The Labute approximate surface area is 154 Å². The van der Waals surface area contributed by atoms with Crippen molar-refractivity contribution in [1.82, 2.24) is 0 Å². The fourth-order valence-electron chi connectivity index (χ4n) is 2.13. The first-order valence-electron chi connectivity index (χ1n) is 8.05. The van der Waals surface area contributed by atoms with E-state index in [0.29, 0.717) is 17.9 Å². The van der Waals surface area contributed by atoms with Gasteiger partial charge >= 0.3 is 0 Å². The number of amides is 1. The van der Waals surface area contributed by atoms with Gasteiger partial charge in [0.25, 0.3) is 11.4 Å². The highest BCUT2D eigenvalue weighted by Gasteiger charge is 2.16. The third kappa shape index (κ3) is 5.63. The van der Waals surface area contributed by atoms with Crippen LogP contribution >= 0.6 is 0 Å². The molecule has 0 heterocycles. The smallest absolute Gasteiger partial charge is 0.296 e. The average Bonchev–Trinajstić information content (AvgIpc) is 2.65. The Kier molecular flexibility index (Phi) is 6.59. The maximum Gasteiger partial charge on any atom is 0.296 e. The molecule has 0 atom stereocenters. The number of rotatable bonds is 8. The van der Waals surface area contributed by atoms with Crippen LogP contribution in [0.25, 0.3) is 6.08 Å². The molecule has 9 heteroatoms. The molecule has 0 aliphatic carbocycles. The van der Waals surface area contributed by atoms with Crippen LogP contribution in [0.3, 0.4) is 0 Å². The van der Waals surface area contributed by atoms with E-state index in [4.69, 9.17) is 4.74 Å². The van der Waals surface area contributed by atoms with Crippen molar-refractivity contribution in [2.24, 2.45) is 0 Å². The fraction of sp³-hybridized carbons (Fsp3) is 0.167. The number of hydrogen-bond acceptors (Lipinski definition) is 6. The quantitative estimate of drug-likeness (QED) is 0.425. The van der Waals surface area contributed by atoms with Gasteiger partial charge in [0.05, 0.1) is 22.5 Å². The van der Waals surface area contributed by atoms with Crippen molar-refractivity contribution in [1.29, 1.82) is 0 Å². The first-order chi connectivity index (χ1) is 12.9. The second-order valence-electron chi connectivity index (χ2n) is 5.46. The summed E-state index contributed by atoms with van der Waals surface area (Å²) >= 11 is 0. The van der Waals surface area contributed by atoms with Gasteiger partial charge in [-0.25, -0.2) is 0 Å². The van der Waals surface area contributed by atoms with Crippen molar-refractivity contribution >= 4 is 29.0 Å². The summed E-state index contributed by atoms with van der Waals surface area (Å²) in [4.78, 5) is 32.7. The van der Waals surface area contributed by atoms with Gasteiger partial charge in [-0.2, -0.15) is 0 Å². The normalized spacial score (nSPS) is 10.6. The molecule has 0 aliphatic heterocycles. The van der Waals surface area contributed by atoms with Gasteiger partial charge in [0.2, 0.25) is 5.91 Å². The molecule has 0 bridgehead atoms. The zero-order valence-corrected chi connectivity index (χ0v) is 14.5. The Morgan fingerprint density at radius 2 is 1.81 bits per heavy atom. The Morgan fingerprint density at radius 1 is 1.11 bits per heavy atom. The summed E-state index contributed by atoms with van der Waals surface area (Å²) in [7, 11) is 0. The van der Waals surface area contributed by atoms with E-state index in [-0.39, 0.29) is 17.1 Å². The highest BCUT2D eigenvalue weighted by molar-refractivity contribution is 6.03. The molecular weight excluding hydrogens is 354 g/mol. The van der Waals surface area contributed by atoms with Crippen molar-refractivity contribution < 1.29 is 19.4 Å². The van der Waals surface area contributed by atoms with Crippen molar-refractivity contribution in [2.45, 2.75) is 13.3 Å². The van der Waals surface area contributed by atoms with Crippen LogP contribution in [0.1, 0.15) is 18.9 Å². The summed E-state index contributed by atoms with van der Waals surface area (Å²) in [5, 5.41) is 24.3. The summed E-state index contributed by atoms with van der Waals surface area (Å²) in [5.41, 5.74) is 0.286. The summed E-state index contributed by atoms with van der Waals surface area (Å²) in [6.07, 6.45) is 3.40. The summed E-state index contributed by atoms with van der Waals surface area (Å²) in [6, 6.07) is 9.81. The lowest BCUT2D eigenvalue weighted by atomic mass is 10.2. The molecule has 27 heavy (non-hydrogen) atoms. The molecule has 1 N–H and O–H groups in total. The summed E-state index contributed by atoms with van der Waals surface area (Å²) in [6.45, 7) is 2.35. The second kappa shape index (κ2) is 9.09. The van der Waals surface area contributed by atoms with E-state index in [0.717, 1.165) is 6.42 Å². The summed E-state index contributed by atoms with van der Waals surface area (Å²) in [5.74, 6) is -0.221. The topological polar surface area (TPSA) is 125 Å². The van der Waals surface area contributed by atoms with Crippen molar-refractivity contribution in [3.63, 3.8) is 0 Å². The predicted molar refractivity (Wildman–Crippen MR) is 99.6 cm³/mol. The minimum atomic E-state index is -0.603. The highest BCUT2D eigenvalue weighted by atomic mass is 16.6. The lowest BCUT2D eigenvalue weighted by Gasteiger charge is -2.07. The van der Waals surface area contributed by atoms with E-state index in [1.165, 1.54) is 54.6 Å². The number of nitrogens with zero attached hydrogens (tertiary/aromatic N) is 2. The van der Waals surface area contributed by atoms with E-state index in [1.54, 1.807) is 0 Å². The van der Waals surface area contributed by atoms with E-state index in [2.05, 4.69) is 5.32 Å². The Morgan fingerprint density at radius 3 is 2.41 bits per heavy atom. The number of nitro benzene ring substituents is 2. The van der Waals surface area contributed by atoms with Gasteiger partial charge in [0.1, 0.15) is 11.4 Å². The molecule has 0 saturated heterocycles. The van der Waals surface area contributed by atoms with E-state index >= 15 is 0 Å². The maximum absolute atomic E-state index is 12.0. The molecule has 0 unspecified atom stereocenters. The number of ether oxygens (including phenoxy) is 1. The van der Waals surface area contributed by atoms with E-state index < -0.39 is 15.8 Å². The van der Waals surface area contributed by atoms with Gasteiger partial charge in [0, 0.05) is 18.2 Å². The van der Waals surface area contributed by atoms with Crippen LogP contribution in [0.2, 0.25) is 0 Å². The molecule has 140 valence electrons. The number of hydrogen-bond donors (Lipinski definition) is 1.